The van der Waals surface area contributed by atoms with E-state index in [0.717, 1.165) is 17.0 Å². The van der Waals surface area contributed by atoms with Gasteiger partial charge in [0.15, 0.2) is 0 Å². The molecule has 1 aromatic carbocycles. The standard InChI is InChI=1S/C17H23N3O3S2/c1-5-15-20-13(4)16(24-15)17(21)18-8-9-19-25(22,23)14-10-11(2)6-7-12(14)3/h6-7,10,19H,5,8-9H2,1-4H3,(H,18,21). The number of rotatable bonds is 7. The van der Waals surface area contributed by atoms with Crippen LogP contribution in [0.25, 0.3) is 0 Å². The molecule has 0 saturated carbocycles. The van der Waals surface area contributed by atoms with Gasteiger partial charge >= 0.3 is 0 Å². The van der Waals surface area contributed by atoms with Crippen LogP contribution in [0.5, 0.6) is 0 Å². The Morgan fingerprint density at radius 3 is 2.56 bits per heavy atom. The number of amides is 1. The Morgan fingerprint density at radius 1 is 1.20 bits per heavy atom. The lowest BCUT2D eigenvalue weighted by Crippen LogP contribution is -2.34. The van der Waals surface area contributed by atoms with Crippen LogP contribution in [-0.2, 0) is 16.4 Å². The number of nitrogens with one attached hydrogen (secondary N) is 2. The predicted molar refractivity (Wildman–Crippen MR) is 99.7 cm³/mol. The Labute approximate surface area is 152 Å². The van der Waals surface area contributed by atoms with Crippen LogP contribution < -0.4 is 10.0 Å². The molecule has 0 aliphatic carbocycles. The molecule has 0 unspecified atom stereocenters. The van der Waals surface area contributed by atoms with Crippen molar-refractivity contribution >= 4 is 27.3 Å². The van der Waals surface area contributed by atoms with Crippen molar-refractivity contribution in [2.75, 3.05) is 13.1 Å². The third-order valence-corrected chi connectivity index (χ3v) is 6.59. The van der Waals surface area contributed by atoms with Crippen LogP contribution in [0.1, 0.15) is 38.4 Å². The number of thiazole rings is 1. The summed E-state index contributed by atoms with van der Waals surface area (Å²) < 4.78 is 27.3. The quantitative estimate of drug-likeness (QED) is 0.721. The molecule has 1 aromatic heterocycles. The molecule has 2 N–H and O–H groups in total. The van der Waals surface area contributed by atoms with E-state index in [2.05, 4.69) is 15.0 Å². The molecule has 1 amide bonds. The predicted octanol–water partition coefficient (Wildman–Crippen LogP) is 2.34. The zero-order chi connectivity index (χ0) is 18.6. The molecule has 25 heavy (non-hydrogen) atoms. The summed E-state index contributed by atoms with van der Waals surface area (Å²) in [5, 5.41) is 3.65. The van der Waals surface area contributed by atoms with E-state index < -0.39 is 10.0 Å². The Bertz CT molecular complexity index is 873. The Kier molecular flexibility index (Phi) is 6.31. The Balaban J connectivity index is 1.93. The highest BCUT2D eigenvalue weighted by Crippen LogP contribution is 2.18. The van der Waals surface area contributed by atoms with Gasteiger partial charge in [0.1, 0.15) is 4.88 Å². The van der Waals surface area contributed by atoms with Crippen LogP contribution in [0.15, 0.2) is 23.1 Å². The maximum atomic E-state index is 12.4. The molecule has 8 heteroatoms. The van der Waals surface area contributed by atoms with Crippen molar-refractivity contribution in [1.82, 2.24) is 15.0 Å². The maximum absolute atomic E-state index is 12.4. The third kappa shape index (κ3) is 4.87. The van der Waals surface area contributed by atoms with Crippen LogP contribution in [-0.4, -0.2) is 32.4 Å². The maximum Gasteiger partial charge on any atom is 0.263 e. The highest BCUT2D eigenvalue weighted by molar-refractivity contribution is 7.89. The van der Waals surface area contributed by atoms with Crippen molar-refractivity contribution in [1.29, 1.82) is 0 Å². The molecule has 2 aromatic rings. The molecular weight excluding hydrogens is 358 g/mol. The zero-order valence-electron chi connectivity index (χ0n) is 14.8. The van der Waals surface area contributed by atoms with Crippen LogP contribution in [0.3, 0.4) is 0 Å². The summed E-state index contributed by atoms with van der Waals surface area (Å²) in [5.74, 6) is -0.222. The average Bonchev–Trinajstić information content (AvgIpc) is 2.94. The van der Waals surface area contributed by atoms with Crippen molar-refractivity contribution in [2.24, 2.45) is 0 Å². The van der Waals surface area contributed by atoms with Crippen molar-refractivity contribution in [2.45, 2.75) is 39.0 Å². The number of carbonyl (C=O) groups excluding carboxylic acids is 1. The Morgan fingerprint density at radius 2 is 1.92 bits per heavy atom. The first-order valence-electron chi connectivity index (χ1n) is 8.06. The summed E-state index contributed by atoms with van der Waals surface area (Å²) in [6.45, 7) is 7.73. The molecule has 0 aliphatic heterocycles. The number of hydrogen-bond acceptors (Lipinski definition) is 5. The van der Waals surface area contributed by atoms with E-state index in [1.54, 1.807) is 26.0 Å². The number of hydrogen-bond donors (Lipinski definition) is 2. The first kappa shape index (κ1) is 19.6. The second-order valence-electron chi connectivity index (χ2n) is 5.80. The first-order valence-corrected chi connectivity index (χ1v) is 10.4. The average molecular weight is 382 g/mol. The summed E-state index contributed by atoms with van der Waals surface area (Å²) in [4.78, 5) is 17.3. The Hall–Kier alpha value is -1.77. The fraction of sp³-hybridized carbons (Fsp3) is 0.412. The van der Waals surface area contributed by atoms with Gasteiger partial charge in [-0.2, -0.15) is 0 Å². The highest BCUT2D eigenvalue weighted by atomic mass is 32.2. The van der Waals surface area contributed by atoms with Gasteiger partial charge in [-0.1, -0.05) is 19.1 Å². The summed E-state index contributed by atoms with van der Waals surface area (Å²) >= 11 is 1.37. The number of sulfonamides is 1. The lowest BCUT2D eigenvalue weighted by atomic mass is 10.2. The minimum Gasteiger partial charge on any atom is -0.350 e. The monoisotopic (exact) mass is 381 g/mol. The molecular formula is C17H23N3O3S2. The zero-order valence-corrected chi connectivity index (χ0v) is 16.5. The van der Waals surface area contributed by atoms with Gasteiger partial charge in [0.2, 0.25) is 10.0 Å². The van der Waals surface area contributed by atoms with Gasteiger partial charge in [-0.15, -0.1) is 11.3 Å². The van der Waals surface area contributed by atoms with Crippen LogP contribution >= 0.6 is 11.3 Å². The van der Waals surface area contributed by atoms with Crippen molar-refractivity contribution in [3.63, 3.8) is 0 Å². The third-order valence-electron chi connectivity index (χ3n) is 3.69. The SMILES string of the molecule is CCc1nc(C)c(C(=O)NCCNS(=O)(=O)c2cc(C)ccc2C)s1. The van der Waals surface area contributed by atoms with Gasteiger partial charge in [-0.3, -0.25) is 4.79 Å². The molecule has 136 valence electrons. The molecule has 0 saturated heterocycles. The minimum absolute atomic E-state index is 0.125. The van der Waals surface area contributed by atoms with E-state index >= 15 is 0 Å². The molecule has 0 spiro atoms. The van der Waals surface area contributed by atoms with Gasteiger partial charge in [-0.25, -0.2) is 18.1 Å². The van der Waals surface area contributed by atoms with Gasteiger partial charge in [-0.05, 0) is 44.4 Å². The molecule has 6 nitrogen and oxygen atoms in total. The molecule has 0 radical (unpaired) electrons. The summed E-state index contributed by atoms with van der Waals surface area (Å²) in [6.07, 6.45) is 0.786. The van der Waals surface area contributed by atoms with Crippen LogP contribution in [0.2, 0.25) is 0 Å². The molecule has 1 heterocycles. The topological polar surface area (TPSA) is 88.2 Å². The summed E-state index contributed by atoms with van der Waals surface area (Å²) in [6, 6.07) is 5.29. The van der Waals surface area contributed by atoms with Crippen molar-refractivity contribution < 1.29 is 13.2 Å². The second-order valence-corrected chi connectivity index (χ2v) is 8.62. The molecule has 0 aliphatic rings. The fourth-order valence-electron chi connectivity index (χ4n) is 2.33. The van der Waals surface area contributed by atoms with E-state index in [1.165, 1.54) is 11.3 Å². The molecule has 2 rings (SSSR count). The lowest BCUT2D eigenvalue weighted by molar-refractivity contribution is 0.0957. The van der Waals surface area contributed by atoms with E-state index in [9.17, 15) is 13.2 Å². The van der Waals surface area contributed by atoms with Crippen molar-refractivity contribution in [3.05, 3.63) is 44.9 Å². The normalized spacial score (nSPS) is 11.5. The molecule has 0 fully saturated rings. The number of aryl methyl sites for hydroxylation is 4. The number of benzene rings is 1. The second kappa shape index (κ2) is 8.07. The first-order chi connectivity index (χ1) is 11.7. The van der Waals surface area contributed by atoms with Crippen LogP contribution in [0, 0.1) is 20.8 Å². The van der Waals surface area contributed by atoms with E-state index in [4.69, 9.17) is 0 Å². The summed E-state index contributed by atoms with van der Waals surface area (Å²) in [7, 11) is -3.60. The number of aromatic nitrogens is 1. The lowest BCUT2D eigenvalue weighted by Gasteiger charge is -2.10. The minimum atomic E-state index is -3.60. The number of carbonyl (C=O) groups is 1. The van der Waals surface area contributed by atoms with Gasteiger partial charge in [0, 0.05) is 13.1 Å². The van der Waals surface area contributed by atoms with Gasteiger partial charge < -0.3 is 5.32 Å². The highest BCUT2D eigenvalue weighted by Gasteiger charge is 2.17. The number of nitrogens with zero attached hydrogens (tertiary/aromatic N) is 1. The van der Waals surface area contributed by atoms with Crippen molar-refractivity contribution in [3.8, 4) is 0 Å². The van der Waals surface area contributed by atoms with E-state index in [0.29, 0.717) is 16.1 Å². The summed E-state index contributed by atoms with van der Waals surface area (Å²) in [5.41, 5.74) is 2.27. The van der Waals surface area contributed by atoms with Gasteiger partial charge in [0.05, 0.1) is 15.6 Å². The molecule has 0 atom stereocenters. The van der Waals surface area contributed by atoms with Gasteiger partial charge in [0.25, 0.3) is 5.91 Å². The smallest absolute Gasteiger partial charge is 0.263 e. The van der Waals surface area contributed by atoms with Crippen LogP contribution in [0.4, 0.5) is 0 Å². The van der Waals surface area contributed by atoms with E-state index in [1.807, 2.05) is 19.9 Å². The molecule has 0 bridgehead atoms. The fourth-order valence-corrected chi connectivity index (χ4v) is 4.61. The van der Waals surface area contributed by atoms with E-state index in [-0.39, 0.29) is 23.9 Å². The largest absolute Gasteiger partial charge is 0.350 e.